The monoisotopic (exact) mass is 457 g/mol. The summed E-state index contributed by atoms with van der Waals surface area (Å²) >= 11 is 6.24. The van der Waals surface area contributed by atoms with Gasteiger partial charge in [0, 0.05) is 0 Å². The van der Waals surface area contributed by atoms with Crippen molar-refractivity contribution in [1.29, 1.82) is 0 Å². The summed E-state index contributed by atoms with van der Waals surface area (Å²) in [5.74, 6) is -0.218. The van der Waals surface area contributed by atoms with Gasteiger partial charge in [0.1, 0.15) is 25.3 Å². The molecule has 9 heteroatoms. The van der Waals surface area contributed by atoms with Gasteiger partial charge < -0.3 is 20.1 Å². The van der Waals surface area contributed by atoms with Crippen LogP contribution < -0.4 is 20.1 Å². The average molecular weight is 458 g/mol. The Hall–Kier alpha value is -3.26. The van der Waals surface area contributed by atoms with Crippen molar-refractivity contribution in [2.45, 2.75) is 32.9 Å². The second-order valence-electron chi connectivity index (χ2n) is 8.16. The zero-order valence-corrected chi connectivity index (χ0v) is 18.7. The molecule has 2 aromatic carbocycles. The number of ether oxygens (including phenoxy) is 2. The summed E-state index contributed by atoms with van der Waals surface area (Å²) in [4.78, 5) is 40.2. The highest BCUT2D eigenvalue weighted by Crippen LogP contribution is 2.35. The Morgan fingerprint density at radius 1 is 1.12 bits per heavy atom. The number of imide groups is 1. The Balaban J connectivity index is 1.58. The third-order valence-electron chi connectivity index (χ3n) is 5.43. The first kappa shape index (κ1) is 22.0. The van der Waals surface area contributed by atoms with Crippen LogP contribution in [0.5, 0.6) is 11.5 Å². The molecule has 2 heterocycles. The van der Waals surface area contributed by atoms with Crippen LogP contribution in [-0.4, -0.2) is 42.0 Å². The van der Waals surface area contributed by atoms with E-state index < -0.39 is 29.9 Å². The SMILES string of the molecule is Cc1ccc(NC(=O)C(C(C)C)N2C(=O)N[C@H](c3ccc4c(c3)OCCO4)C2=O)c(Cl)c1. The Morgan fingerprint density at radius 2 is 1.84 bits per heavy atom. The molecule has 168 valence electrons. The maximum absolute atomic E-state index is 13.3. The van der Waals surface area contributed by atoms with Crippen molar-refractivity contribution >= 4 is 35.1 Å². The van der Waals surface area contributed by atoms with Crippen LogP contribution >= 0.6 is 11.6 Å². The van der Waals surface area contributed by atoms with Gasteiger partial charge in [-0.3, -0.25) is 9.59 Å². The highest BCUT2D eigenvalue weighted by molar-refractivity contribution is 6.33. The van der Waals surface area contributed by atoms with Crippen LogP contribution in [0.15, 0.2) is 36.4 Å². The Kier molecular flexibility index (Phi) is 5.97. The number of hydrogen-bond acceptors (Lipinski definition) is 5. The maximum atomic E-state index is 13.3. The molecule has 2 aromatic rings. The lowest BCUT2D eigenvalue weighted by molar-refractivity contribution is -0.135. The number of nitrogens with zero attached hydrogens (tertiary/aromatic N) is 1. The van der Waals surface area contributed by atoms with Crippen molar-refractivity contribution < 1.29 is 23.9 Å². The van der Waals surface area contributed by atoms with Gasteiger partial charge in [-0.1, -0.05) is 37.6 Å². The number of rotatable bonds is 5. The molecule has 0 aromatic heterocycles. The summed E-state index contributed by atoms with van der Waals surface area (Å²) in [7, 11) is 0. The number of aryl methyl sites for hydroxylation is 1. The molecule has 2 N–H and O–H groups in total. The van der Waals surface area contributed by atoms with Crippen LogP contribution in [0, 0.1) is 12.8 Å². The lowest BCUT2D eigenvalue weighted by Crippen LogP contribution is -2.50. The van der Waals surface area contributed by atoms with E-state index in [2.05, 4.69) is 10.6 Å². The topological polar surface area (TPSA) is 97.0 Å². The van der Waals surface area contributed by atoms with E-state index in [0.29, 0.717) is 41.0 Å². The molecule has 32 heavy (non-hydrogen) atoms. The molecule has 1 fully saturated rings. The number of urea groups is 1. The number of carbonyl (C=O) groups is 3. The Bertz CT molecular complexity index is 1090. The van der Waals surface area contributed by atoms with E-state index in [9.17, 15) is 14.4 Å². The molecule has 2 aliphatic rings. The number of amides is 4. The predicted octanol–water partition coefficient (Wildman–Crippen LogP) is 3.68. The van der Waals surface area contributed by atoms with Gasteiger partial charge in [-0.25, -0.2) is 9.69 Å². The summed E-state index contributed by atoms with van der Waals surface area (Å²) in [6.45, 7) is 6.30. The van der Waals surface area contributed by atoms with Crippen molar-refractivity contribution in [2.24, 2.45) is 5.92 Å². The van der Waals surface area contributed by atoms with E-state index >= 15 is 0 Å². The Morgan fingerprint density at radius 3 is 2.53 bits per heavy atom. The van der Waals surface area contributed by atoms with Gasteiger partial charge >= 0.3 is 6.03 Å². The molecule has 2 atom stereocenters. The summed E-state index contributed by atoms with van der Waals surface area (Å²) in [5, 5.41) is 5.82. The number of carbonyl (C=O) groups excluding carboxylic acids is 3. The maximum Gasteiger partial charge on any atom is 0.325 e. The first-order chi connectivity index (χ1) is 15.3. The fourth-order valence-corrected chi connectivity index (χ4v) is 4.15. The zero-order valence-electron chi connectivity index (χ0n) is 18.0. The molecule has 4 rings (SSSR count). The molecule has 1 saturated heterocycles. The van der Waals surface area contributed by atoms with Gasteiger partial charge in [0.25, 0.3) is 5.91 Å². The summed E-state index contributed by atoms with van der Waals surface area (Å²) in [6, 6.07) is 7.77. The van der Waals surface area contributed by atoms with Crippen LogP contribution in [0.4, 0.5) is 10.5 Å². The summed E-state index contributed by atoms with van der Waals surface area (Å²) < 4.78 is 11.1. The standard InChI is InChI=1S/C23H24ClN3O5/c1-12(2)20(21(28)25-16-6-4-13(3)10-15(16)24)27-22(29)19(26-23(27)30)14-5-7-17-18(11-14)32-9-8-31-17/h4-7,10-12,19-20H,8-9H2,1-3H3,(H,25,28)(H,26,30)/t19-,20?/m1/s1. The van der Waals surface area contributed by atoms with Gasteiger partial charge in [0.05, 0.1) is 10.7 Å². The zero-order chi connectivity index (χ0) is 23.0. The van der Waals surface area contributed by atoms with Crippen molar-refractivity contribution in [3.8, 4) is 11.5 Å². The lowest BCUT2D eigenvalue weighted by atomic mass is 10.00. The van der Waals surface area contributed by atoms with Crippen molar-refractivity contribution in [1.82, 2.24) is 10.2 Å². The van der Waals surface area contributed by atoms with E-state index in [1.165, 1.54) is 0 Å². The smallest absolute Gasteiger partial charge is 0.325 e. The van der Waals surface area contributed by atoms with Crippen LogP contribution in [0.25, 0.3) is 0 Å². The van der Waals surface area contributed by atoms with Crippen LogP contribution in [0.1, 0.15) is 31.0 Å². The molecular formula is C23H24ClN3O5. The van der Waals surface area contributed by atoms with Crippen molar-refractivity contribution in [2.75, 3.05) is 18.5 Å². The molecule has 0 radical (unpaired) electrons. The first-order valence-electron chi connectivity index (χ1n) is 10.4. The molecule has 4 amide bonds. The summed E-state index contributed by atoms with van der Waals surface area (Å²) in [6.07, 6.45) is 0. The molecule has 0 aliphatic carbocycles. The predicted molar refractivity (Wildman–Crippen MR) is 119 cm³/mol. The number of nitrogens with one attached hydrogen (secondary N) is 2. The fourth-order valence-electron chi connectivity index (χ4n) is 3.87. The van der Waals surface area contributed by atoms with Crippen LogP contribution in [0.2, 0.25) is 5.02 Å². The van der Waals surface area contributed by atoms with E-state index in [-0.39, 0.29) is 5.92 Å². The largest absolute Gasteiger partial charge is 0.486 e. The van der Waals surface area contributed by atoms with Gasteiger partial charge in [0.2, 0.25) is 5.91 Å². The van der Waals surface area contributed by atoms with Crippen molar-refractivity contribution in [3.63, 3.8) is 0 Å². The molecule has 2 aliphatic heterocycles. The molecule has 1 unspecified atom stereocenters. The Labute approximate surface area is 190 Å². The quantitative estimate of drug-likeness (QED) is 0.667. The normalized spacial score (nSPS) is 18.5. The van der Waals surface area contributed by atoms with Crippen LogP contribution in [0.3, 0.4) is 0 Å². The van der Waals surface area contributed by atoms with Gasteiger partial charge in [-0.2, -0.15) is 0 Å². The number of hydrogen-bond donors (Lipinski definition) is 2. The third kappa shape index (κ3) is 4.10. The average Bonchev–Trinajstić information content (AvgIpc) is 3.04. The number of benzene rings is 2. The molecule has 8 nitrogen and oxygen atoms in total. The van der Waals surface area contributed by atoms with Crippen molar-refractivity contribution in [3.05, 3.63) is 52.5 Å². The fraction of sp³-hybridized carbons (Fsp3) is 0.348. The summed E-state index contributed by atoms with van der Waals surface area (Å²) in [5.41, 5.74) is 1.92. The third-order valence-corrected chi connectivity index (χ3v) is 5.74. The second-order valence-corrected chi connectivity index (χ2v) is 8.56. The minimum atomic E-state index is -1.01. The highest BCUT2D eigenvalue weighted by Gasteiger charge is 2.46. The van der Waals surface area contributed by atoms with Gasteiger partial charge in [-0.05, 0) is 48.2 Å². The van der Waals surface area contributed by atoms with E-state index in [0.717, 1.165) is 10.5 Å². The lowest BCUT2D eigenvalue weighted by Gasteiger charge is -2.28. The van der Waals surface area contributed by atoms with Gasteiger partial charge in [0.15, 0.2) is 11.5 Å². The molecular weight excluding hydrogens is 434 g/mol. The second kappa shape index (κ2) is 8.70. The van der Waals surface area contributed by atoms with E-state index in [1.54, 1.807) is 44.2 Å². The minimum Gasteiger partial charge on any atom is -0.486 e. The first-order valence-corrected chi connectivity index (χ1v) is 10.7. The van der Waals surface area contributed by atoms with E-state index in [1.807, 2.05) is 13.0 Å². The van der Waals surface area contributed by atoms with Gasteiger partial charge in [-0.15, -0.1) is 0 Å². The molecule has 0 saturated carbocycles. The number of halogens is 1. The van der Waals surface area contributed by atoms with Crippen LogP contribution in [-0.2, 0) is 9.59 Å². The highest BCUT2D eigenvalue weighted by atomic mass is 35.5. The molecule has 0 bridgehead atoms. The van der Waals surface area contributed by atoms with E-state index in [4.69, 9.17) is 21.1 Å². The number of fused-ring (bicyclic) bond motifs is 1. The minimum absolute atomic E-state index is 0.326. The number of anilines is 1. The molecule has 0 spiro atoms.